The topological polar surface area (TPSA) is 24.5 Å². The third-order valence-corrected chi connectivity index (χ3v) is 3.90. The fourth-order valence-corrected chi connectivity index (χ4v) is 2.74. The molecule has 1 aromatic carbocycles. The van der Waals surface area contributed by atoms with Gasteiger partial charge in [-0.05, 0) is 18.9 Å². The minimum absolute atomic E-state index is 0.104. The van der Waals surface area contributed by atoms with Crippen LogP contribution in [0.4, 0.5) is 0 Å². The first-order valence-corrected chi connectivity index (χ1v) is 6.77. The van der Waals surface area contributed by atoms with Gasteiger partial charge < -0.3 is 10.1 Å². The predicted molar refractivity (Wildman–Crippen MR) is 74.7 cm³/mol. The Kier molecular flexibility index (Phi) is 4.75. The first kappa shape index (κ1) is 13.5. The lowest BCUT2D eigenvalue weighted by atomic mass is 9.88. The lowest BCUT2D eigenvalue weighted by Crippen LogP contribution is -2.57. The molecule has 1 heterocycles. The number of hydrogen-bond acceptors (Lipinski definition) is 3. The Morgan fingerprint density at radius 2 is 2.11 bits per heavy atom. The van der Waals surface area contributed by atoms with Gasteiger partial charge in [-0.2, -0.15) is 0 Å². The maximum atomic E-state index is 5.16. The van der Waals surface area contributed by atoms with E-state index in [1.807, 2.05) is 0 Å². The number of rotatable bonds is 5. The van der Waals surface area contributed by atoms with E-state index in [-0.39, 0.29) is 5.54 Å². The van der Waals surface area contributed by atoms with E-state index in [1.54, 1.807) is 7.11 Å². The van der Waals surface area contributed by atoms with Crippen LogP contribution in [-0.4, -0.2) is 44.8 Å². The zero-order chi connectivity index (χ0) is 12.8. The number of benzene rings is 1. The molecule has 1 aromatic rings. The van der Waals surface area contributed by atoms with Gasteiger partial charge in [-0.1, -0.05) is 30.3 Å². The summed E-state index contributed by atoms with van der Waals surface area (Å²) in [5.41, 5.74) is 1.50. The number of ether oxygens (including phenoxy) is 1. The molecule has 0 aromatic heterocycles. The molecule has 1 fully saturated rings. The second-order valence-corrected chi connectivity index (χ2v) is 5.15. The molecule has 0 spiro atoms. The monoisotopic (exact) mass is 248 g/mol. The van der Waals surface area contributed by atoms with Crippen LogP contribution < -0.4 is 5.32 Å². The molecule has 0 amide bonds. The molecule has 0 saturated carbocycles. The summed E-state index contributed by atoms with van der Waals surface area (Å²) in [6, 6.07) is 10.8. The van der Waals surface area contributed by atoms with Gasteiger partial charge in [-0.25, -0.2) is 0 Å². The van der Waals surface area contributed by atoms with Crippen molar-refractivity contribution in [2.75, 3.05) is 39.9 Å². The largest absolute Gasteiger partial charge is 0.385 e. The van der Waals surface area contributed by atoms with Crippen LogP contribution >= 0.6 is 0 Å². The molecule has 0 radical (unpaired) electrons. The number of nitrogens with zero attached hydrogens (tertiary/aromatic N) is 1. The minimum Gasteiger partial charge on any atom is -0.385 e. The maximum absolute atomic E-state index is 5.16. The molecule has 0 bridgehead atoms. The molecule has 1 N–H and O–H groups in total. The third-order valence-electron chi connectivity index (χ3n) is 3.90. The van der Waals surface area contributed by atoms with Crippen LogP contribution in [0.5, 0.6) is 0 Å². The predicted octanol–water partition coefficient (Wildman–Crippen LogP) is 1.84. The van der Waals surface area contributed by atoms with E-state index in [4.69, 9.17) is 4.74 Å². The molecule has 2 rings (SSSR count). The molecule has 1 unspecified atom stereocenters. The summed E-state index contributed by atoms with van der Waals surface area (Å²) in [6.45, 7) is 7.48. The normalized spacial score (nSPS) is 25.2. The van der Waals surface area contributed by atoms with Gasteiger partial charge in [0.2, 0.25) is 0 Å². The highest BCUT2D eigenvalue weighted by Crippen LogP contribution is 2.29. The summed E-state index contributed by atoms with van der Waals surface area (Å²) >= 11 is 0. The van der Waals surface area contributed by atoms with Crippen LogP contribution in [0.2, 0.25) is 0 Å². The van der Waals surface area contributed by atoms with E-state index in [0.717, 1.165) is 39.2 Å². The summed E-state index contributed by atoms with van der Waals surface area (Å²) < 4.78 is 5.16. The highest BCUT2D eigenvalue weighted by Gasteiger charge is 2.35. The molecule has 1 aliphatic rings. The summed E-state index contributed by atoms with van der Waals surface area (Å²) in [6.07, 6.45) is 1.10. The van der Waals surface area contributed by atoms with Crippen LogP contribution in [0, 0.1) is 0 Å². The number of nitrogens with one attached hydrogen (secondary N) is 1. The van der Waals surface area contributed by atoms with Gasteiger partial charge in [0, 0.05) is 39.9 Å². The fraction of sp³-hybridized carbons (Fsp3) is 0.600. The average molecular weight is 248 g/mol. The molecule has 3 heteroatoms. The second-order valence-electron chi connectivity index (χ2n) is 5.15. The lowest BCUT2D eigenvalue weighted by molar-refractivity contribution is 0.0620. The van der Waals surface area contributed by atoms with E-state index in [2.05, 4.69) is 47.5 Å². The molecule has 100 valence electrons. The zero-order valence-corrected chi connectivity index (χ0v) is 11.5. The van der Waals surface area contributed by atoms with Gasteiger partial charge >= 0.3 is 0 Å². The van der Waals surface area contributed by atoms with Crippen molar-refractivity contribution in [1.82, 2.24) is 10.2 Å². The van der Waals surface area contributed by atoms with Crippen molar-refractivity contribution in [2.24, 2.45) is 0 Å². The molecule has 0 aliphatic carbocycles. The number of piperazine rings is 1. The van der Waals surface area contributed by atoms with E-state index < -0.39 is 0 Å². The molecule has 3 nitrogen and oxygen atoms in total. The Labute approximate surface area is 110 Å². The van der Waals surface area contributed by atoms with Gasteiger partial charge in [0.15, 0.2) is 0 Å². The maximum Gasteiger partial charge on any atom is 0.0557 e. The SMILES string of the molecule is COCCCN1CCNCC1(C)c1ccccc1. The van der Waals surface area contributed by atoms with Gasteiger partial charge in [0.25, 0.3) is 0 Å². The van der Waals surface area contributed by atoms with Crippen LogP contribution in [0.25, 0.3) is 0 Å². The molecular weight excluding hydrogens is 224 g/mol. The van der Waals surface area contributed by atoms with Crippen molar-refractivity contribution in [2.45, 2.75) is 18.9 Å². The summed E-state index contributed by atoms with van der Waals surface area (Å²) in [5, 5.41) is 3.52. The smallest absolute Gasteiger partial charge is 0.0557 e. The van der Waals surface area contributed by atoms with Crippen molar-refractivity contribution in [3.63, 3.8) is 0 Å². The van der Waals surface area contributed by atoms with Crippen LogP contribution in [0.3, 0.4) is 0 Å². The summed E-state index contributed by atoms with van der Waals surface area (Å²) in [5.74, 6) is 0. The summed E-state index contributed by atoms with van der Waals surface area (Å²) in [7, 11) is 1.77. The van der Waals surface area contributed by atoms with E-state index in [0.29, 0.717) is 0 Å². The van der Waals surface area contributed by atoms with Crippen LogP contribution in [0.15, 0.2) is 30.3 Å². The standard InChI is InChI=1S/C15H24N2O/c1-15(14-7-4-3-5-8-14)13-16-9-11-17(15)10-6-12-18-2/h3-5,7-8,16H,6,9-13H2,1-2H3. The minimum atomic E-state index is 0.104. The lowest BCUT2D eigenvalue weighted by Gasteiger charge is -2.45. The quantitative estimate of drug-likeness (QED) is 0.805. The van der Waals surface area contributed by atoms with Crippen molar-refractivity contribution < 1.29 is 4.74 Å². The Balaban J connectivity index is 2.11. The number of methoxy groups -OCH3 is 1. The van der Waals surface area contributed by atoms with Gasteiger partial charge in [0.05, 0.1) is 5.54 Å². The zero-order valence-electron chi connectivity index (χ0n) is 11.5. The molecular formula is C15H24N2O. The first-order valence-electron chi connectivity index (χ1n) is 6.77. The van der Waals surface area contributed by atoms with E-state index in [9.17, 15) is 0 Å². The fourth-order valence-electron chi connectivity index (χ4n) is 2.74. The van der Waals surface area contributed by atoms with E-state index in [1.165, 1.54) is 5.56 Å². The Morgan fingerprint density at radius 1 is 1.33 bits per heavy atom. The molecule has 1 aliphatic heterocycles. The Hall–Kier alpha value is -0.900. The second kappa shape index (κ2) is 6.32. The summed E-state index contributed by atoms with van der Waals surface area (Å²) in [4.78, 5) is 2.58. The van der Waals surface area contributed by atoms with Crippen molar-refractivity contribution in [3.8, 4) is 0 Å². The highest BCUT2D eigenvalue weighted by atomic mass is 16.5. The van der Waals surface area contributed by atoms with E-state index >= 15 is 0 Å². The average Bonchev–Trinajstić information content (AvgIpc) is 2.42. The van der Waals surface area contributed by atoms with Crippen LogP contribution in [0.1, 0.15) is 18.9 Å². The third kappa shape index (κ3) is 2.91. The van der Waals surface area contributed by atoms with Gasteiger partial charge in [-0.15, -0.1) is 0 Å². The molecule has 1 saturated heterocycles. The Morgan fingerprint density at radius 3 is 2.83 bits per heavy atom. The van der Waals surface area contributed by atoms with Crippen molar-refractivity contribution >= 4 is 0 Å². The molecule has 18 heavy (non-hydrogen) atoms. The molecule has 1 atom stereocenters. The first-order chi connectivity index (χ1) is 8.77. The number of hydrogen-bond donors (Lipinski definition) is 1. The van der Waals surface area contributed by atoms with Crippen LogP contribution in [-0.2, 0) is 10.3 Å². The van der Waals surface area contributed by atoms with Crippen molar-refractivity contribution in [1.29, 1.82) is 0 Å². The Bertz CT molecular complexity index is 355. The van der Waals surface area contributed by atoms with Gasteiger partial charge in [0.1, 0.15) is 0 Å². The highest BCUT2D eigenvalue weighted by molar-refractivity contribution is 5.25. The van der Waals surface area contributed by atoms with Gasteiger partial charge in [-0.3, -0.25) is 4.90 Å². The van der Waals surface area contributed by atoms with Crippen molar-refractivity contribution in [3.05, 3.63) is 35.9 Å².